The minimum absolute atomic E-state index is 0.0556. The Bertz CT molecular complexity index is 1130. The van der Waals surface area contributed by atoms with Crippen molar-refractivity contribution in [2.24, 2.45) is 5.73 Å². The second kappa shape index (κ2) is 8.12. The third-order valence-electron chi connectivity index (χ3n) is 5.34. The van der Waals surface area contributed by atoms with E-state index in [1.165, 1.54) is 12.4 Å². The van der Waals surface area contributed by atoms with Crippen LogP contribution in [-0.4, -0.2) is 26.7 Å². The summed E-state index contributed by atoms with van der Waals surface area (Å²) >= 11 is 6.24. The maximum atomic E-state index is 13.5. The molecule has 4 N–H and O–H groups in total. The number of aryl methyl sites for hydroxylation is 1. The second-order valence-corrected chi connectivity index (χ2v) is 7.58. The van der Waals surface area contributed by atoms with Gasteiger partial charge in [0.25, 0.3) is 5.91 Å². The Morgan fingerprint density at radius 3 is 2.67 bits per heavy atom. The average molecular weight is 422 g/mol. The highest BCUT2D eigenvalue weighted by Crippen LogP contribution is 2.39. The van der Waals surface area contributed by atoms with E-state index in [-0.39, 0.29) is 30.0 Å². The summed E-state index contributed by atoms with van der Waals surface area (Å²) in [5, 5.41) is 0.601. The topological polar surface area (TPSA) is 115 Å². The van der Waals surface area contributed by atoms with Crippen LogP contribution >= 0.6 is 11.6 Å². The predicted molar refractivity (Wildman–Crippen MR) is 114 cm³/mol. The van der Waals surface area contributed by atoms with Gasteiger partial charge in [-0.2, -0.15) is 0 Å². The summed E-state index contributed by atoms with van der Waals surface area (Å²) in [7, 11) is 0. The Balaban J connectivity index is 1.79. The Kier molecular flexibility index (Phi) is 5.37. The van der Waals surface area contributed by atoms with Crippen molar-refractivity contribution in [1.29, 1.82) is 0 Å². The van der Waals surface area contributed by atoms with Crippen LogP contribution in [-0.2, 0) is 13.0 Å². The number of aromatic nitrogens is 2. The molecule has 30 heavy (non-hydrogen) atoms. The lowest BCUT2D eigenvalue weighted by atomic mass is 10.0. The number of amides is 2. The number of fused-ring (bicyclic) bond motifs is 1. The average Bonchev–Trinajstić information content (AvgIpc) is 3.15. The lowest BCUT2D eigenvalue weighted by Crippen LogP contribution is -2.35. The molecule has 0 radical (unpaired) electrons. The molecule has 152 valence electrons. The molecule has 3 aromatic rings. The van der Waals surface area contributed by atoms with Gasteiger partial charge in [0.2, 0.25) is 5.91 Å². The number of halogens is 1. The number of primary amides is 1. The molecule has 7 nitrogen and oxygen atoms in total. The molecule has 1 heterocycles. The van der Waals surface area contributed by atoms with Gasteiger partial charge >= 0.3 is 0 Å². The van der Waals surface area contributed by atoms with Crippen molar-refractivity contribution in [1.82, 2.24) is 14.9 Å². The van der Waals surface area contributed by atoms with E-state index in [4.69, 9.17) is 23.1 Å². The predicted octanol–water partition coefficient (Wildman–Crippen LogP) is 3.14. The van der Waals surface area contributed by atoms with E-state index >= 15 is 0 Å². The molecule has 4 rings (SSSR count). The summed E-state index contributed by atoms with van der Waals surface area (Å²) in [4.78, 5) is 35.3. The highest BCUT2D eigenvalue weighted by Gasteiger charge is 2.34. The van der Waals surface area contributed by atoms with Gasteiger partial charge in [-0.15, -0.1) is 0 Å². The highest BCUT2D eigenvalue weighted by molar-refractivity contribution is 6.30. The number of nitrogens with two attached hydrogens (primary N) is 2. The summed E-state index contributed by atoms with van der Waals surface area (Å²) in [6, 6.07) is 12.4. The Morgan fingerprint density at radius 2 is 1.90 bits per heavy atom. The van der Waals surface area contributed by atoms with Gasteiger partial charge in [0, 0.05) is 29.5 Å². The number of anilines is 1. The summed E-state index contributed by atoms with van der Waals surface area (Å²) < 4.78 is 0. The molecule has 0 unspecified atom stereocenters. The highest BCUT2D eigenvalue weighted by atomic mass is 35.5. The summed E-state index contributed by atoms with van der Waals surface area (Å²) in [6.07, 6.45) is 4.40. The number of hydrogen-bond acceptors (Lipinski definition) is 5. The van der Waals surface area contributed by atoms with Crippen molar-refractivity contribution < 1.29 is 9.59 Å². The fourth-order valence-electron chi connectivity index (χ4n) is 3.93. The fraction of sp³-hybridized carbons (Fsp3) is 0.182. The van der Waals surface area contributed by atoms with Gasteiger partial charge in [-0.05, 0) is 47.7 Å². The summed E-state index contributed by atoms with van der Waals surface area (Å²) in [6.45, 7) is 0.171. The molecule has 2 amide bonds. The van der Waals surface area contributed by atoms with E-state index in [0.717, 1.165) is 24.0 Å². The zero-order chi connectivity index (χ0) is 21.3. The third kappa shape index (κ3) is 3.71. The van der Waals surface area contributed by atoms with Crippen LogP contribution in [0.15, 0.2) is 54.9 Å². The Morgan fingerprint density at radius 1 is 1.13 bits per heavy atom. The molecule has 0 fully saturated rings. The standard InChI is InChI=1S/C22H20ClN5O2/c23-15-7-5-13-6-8-18(17(13)11-15)28(22(30)19-20(24)27-10-9-26-19)12-14-3-1-2-4-16(14)21(25)29/h1-5,7,9-11,18H,6,8,12H2,(H2,24,27)(H2,25,29)/t18-/m1/s1. The number of carbonyl (C=O) groups is 2. The molecule has 1 aromatic heterocycles. The first-order chi connectivity index (χ1) is 14.5. The van der Waals surface area contributed by atoms with E-state index in [9.17, 15) is 9.59 Å². The molecule has 1 aliphatic carbocycles. The molecule has 0 saturated carbocycles. The van der Waals surface area contributed by atoms with Gasteiger partial charge in [-0.25, -0.2) is 9.97 Å². The van der Waals surface area contributed by atoms with Gasteiger partial charge in [-0.3, -0.25) is 9.59 Å². The van der Waals surface area contributed by atoms with Gasteiger partial charge < -0.3 is 16.4 Å². The van der Waals surface area contributed by atoms with Crippen LogP contribution in [0.4, 0.5) is 5.82 Å². The molecule has 0 bridgehead atoms. The first kappa shape index (κ1) is 19.8. The number of hydrogen-bond donors (Lipinski definition) is 2. The van der Waals surface area contributed by atoms with E-state index in [0.29, 0.717) is 16.1 Å². The molecule has 8 heteroatoms. The molecule has 2 aromatic carbocycles. The van der Waals surface area contributed by atoms with Gasteiger partial charge in [-0.1, -0.05) is 35.9 Å². The number of benzene rings is 2. The van der Waals surface area contributed by atoms with Crippen LogP contribution in [0.1, 0.15) is 50.0 Å². The molecular weight excluding hydrogens is 402 g/mol. The summed E-state index contributed by atoms with van der Waals surface area (Å²) in [5.41, 5.74) is 14.7. The number of carbonyl (C=O) groups excluding carboxylic acids is 2. The molecule has 1 aliphatic rings. The zero-order valence-electron chi connectivity index (χ0n) is 16.1. The fourth-order valence-corrected chi connectivity index (χ4v) is 4.11. The first-order valence-electron chi connectivity index (χ1n) is 9.49. The molecule has 0 saturated heterocycles. The maximum absolute atomic E-state index is 13.5. The van der Waals surface area contributed by atoms with Crippen LogP contribution in [0, 0.1) is 0 Å². The molecule has 1 atom stereocenters. The normalized spacial score (nSPS) is 14.9. The van der Waals surface area contributed by atoms with Crippen molar-refractivity contribution in [2.45, 2.75) is 25.4 Å². The number of rotatable bonds is 5. The van der Waals surface area contributed by atoms with E-state index in [2.05, 4.69) is 9.97 Å². The largest absolute Gasteiger partial charge is 0.382 e. The maximum Gasteiger partial charge on any atom is 0.277 e. The van der Waals surface area contributed by atoms with Crippen LogP contribution in [0.5, 0.6) is 0 Å². The molecular formula is C22H20ClN5O2. The van der Waals surface area contributed by atoms with Gasteiger partial charge in [0.1, 0.15) is 0 Å². The third-order valence-corrected chi connectivity index (χ3v) is 5.58. The molecule has 0 spiro atoms. The Hall–Kier alpha value is -3.45. The number of nitrogens with zero attached hydrogens (tertiary/aromatic N) is 3. The van der Waals surface area contributed by atoms with Crippen molar-refractivity contribution in [2.75, 3.05) is 5.73 Å². The SMILES string of the molecule is NC(=O)c1ccccc1CN(C(=O)c1nccnc1N)[C@@H]1CCc2ccc(Cl)cc21. The van der Waals surface area contributed by atoms with Crippen LogP contribution in [0.3, 0.4) is 0 Å². The van der Waals surface area contributed by atoms with E-state index in [1.54, 1.807) is 29.2 Å². The van der Waals surface area contributed by atoms with Crippen molar-refractivity contribution in [3.05, 3.63) is 87.8 Å². The van der Waals surface area contributed by atoms with Crippen LogP contribution < -0.4 is 11.5 Å². The van der Waals surface area contributed by atoms with Crippen LogP contribution in [0.25, 0.3) is 0 Å². The second-order valence-electron chi connectivity index (χ2n) is 7.14. The monoisotopic (exact) mass is 421 g/mol. The van der Waals surface area contributed by atoms with Crippen molar-refractivity contribution in [3.63, 3.8) is 0 Å². The van der Waals surface area contributed by atoms with Crippen LogP contribution in [0.2, 0.25) is 5.02 Å². The first-order valence-corrected chi connectivity index (χ1v) is 9.87. The minimum atomic E-state index is -0.549. The quantitative estimate of drug-likeness (QED) is 0.656. The van der Waals surface area contributed by atoms with Gasteiger partial charge in [0.15, 0.2) is 11.5 Å². The Labute approximate surface area is 178 Å². The smallest absolute Gasteiger partial charge is 0.277 e. The minimum Gasteiger partial charge on any atom is -0.382 e. The van der Waals surface area contributed by atoms with Gasteiger partial charge in [0.05, 0.1) is 6.04 Å². The zero-order valence-corrected chi connectivity index (χ0v) is 16.8. The lowest BCUT2D eigenvalue weighted by molar-refractivity contribution is 0.0651. The van der Waals surface area contributed by atoms with Crippen molar-refractivity contribution >= 4 is 29.2 Å². The number of nitrogen functional groups attached to an aromatic ring is 1. The lowest BCUT2D eigenvalue weighted by Gasteiger charge is -2.30. The molecule has 0 aliphatic heterocycles. The van der Waals surface area contributed by atoms with E-state index < -0.39 is 5.91 Å². The summed E-state index contributed by atoms with van der Waals surface area (Å²) in [5.74, 6) is -0.857. The van der Waals surface area contributed by atoms with E-state index in [1.807, 2.05) is 18.2 Å². The van der Waals surface area contributed by atoms with Crippen molar-refractivity contribution in [3.8, 4) is 0 Å².